The van der Waals surface area contributed by atoms with Gasteiger partial charge in [0, 0.05) is 34.9 Å². The molecule has 1 aromatic carbocycles. The first-order chi connectivity index (χ1) is 8.83. The molecular formula is C14H10ClN3. The van der Waals surface area contributed by atoms with E-state index in [1.165, 1.54) is 0 Å². The van der Waals surface area contributed by atoms with Gasteiger partial charge in [0.25, 0.3) is 0 Å². The van der Waals surface area contributed by atoms with Crippen molar-refractivity contribution >= 4 is 11.6 Å². The van der Waals surface area contributed by atoms with E-state index in [-0.39, 0.29) is 0 Å². The zero-order valence-electron chi connectivity index (χ0n) is 9.49. The van der Waals surface area contributed by atoms with Crippen molar-refractivity contribution < 1.29 is 0 Å². The van der Waals surface area contributed by atoms with Crippen LogP contribution in [0.3, 0.4) is 0 Å². The Morgan fingerprint density at radius 3 is 2.39 bits per heavy atom. The SMILES string of the molecule is Clc1ccc(-n2cnc(-c3ccncc3)c2)cc1. The molecule has 0 fully saturated rings. The van der Waals surface area contributed by atoms with Crippen LogP contribution < -0.4 is 0 Å². The molecule has 88 valence electrons. The van der Waals surface area contributed by atoms with Gasteiger partial charge in [0.15, 0.2) is 0 Å². The van der Waals surface area contributed by atoms with E-state index in [0.29, 0.717) is 0 Å². The van der Waals surface area contributed by atoms with Crippen molar-refractivity contribution in [3.05, 3.63) is 66.3 Å². The van der Waals surface area contributed by atoms with E-state index >= 15 is 0 Å². The fourth-order valence-electron chi connectivity index (χ4n) is 1.75. The Morgan fingerprint density at radius 1 is 0.944 bits per heavy atom. The van der Waals surface area contributed by atoms with E-state index in [2.05, 4.69) is 9.97 Å². The molecule has 0 amide bonds. The second kappa shape index (κ2) is 4.63. The van der Waals surface area contributed by atoms with E-state index in [4.69, 9.17) is 11.6 Å². The van der Waals surface area contributed by atoms with Crippen molar-refractivity contribution in [2.75, 3.05) is 0 Å². The van der Waals surface area contributed by atoms with Gasteiger partial charge >= 0.3 is 0 Å². The fourth-order valence-corrected chi connectivity index (χ4v) is 1.87. The topological polar surface area (TPSA) is 30.7 Å². The highest BCUT2D eigenvalue weighted by molar-refractivity contribution is 6.30. The van der Waals surface area contributed by atoms with Crippen molar-refractivity contribution in [2.45, 2.75) is 0 Å². The molecule has 0 aliphatic carbocycles. The summed E-state index contributed by atoms with van der Waals surface area (Å²) in [7, 11) is 0. The number of aromatic nitrogens is 3. The first kappa shape index (κ1) is 11.0. The number of benzene rings is 1. The lowest BCUT2D eigenvalue weighted by atomic mass is 10.2. The van der Waals surface area contributed by atoms with Crippen LogP contribution in [-0.2, 0) is 0 Å². The third kappa shape index (κ3) is 2.13. The Hall–Kier alpha value is -2.13. The summed E-state index contributed by atoms with van der Waals surface area (Å²) in [6, 6.07) is 11.5. The largest absolute Gasteiger partial charge is 0.306 e. The highest BCUT2D eigenvalue weighted by atomic mass is 35.5. The van der Waals surface area contributed by atoms with Crippen molar-refractivity contribution in [3.8, 4) is 16.9 Å². The minimum absolute atomic E-state index is 0.730. The summed E-state index contributed by atoms with van der Waals surface area (Å²) in [5, 5.41) is 0.730. The van der Waals surface area contributed by atoms with Crippen LogP contribution in [0.15, 0.2) is 61.3 Å². The molecule has 0 atom stereocenters. The first-order valence-electron chi connectivity index (χ1n) is 5.53. The molecule has 0 bridgehead atoms. The van der Waals surface area contributed by atoms with Crippen LogP contribution in [0.4, 0.5) is 0 Å². The van der Waals surface area contributed by atoms with Crippen molar-refractivity contribution in [2.24, 2.45) is 0 Å². The summed E-state index contributed by atoms with van der Waals surface area (Å²) in [5.41, 5.74) is 3.01. The molecule has 0 aliphatic heterocycles. The quantitative estimate of drug-likeness (QED) is 0.701. The number of hydrogen-bond donors (Lipinski definition) is 0. The molecule has 0 aliphatic rings. The van der Waals surface area contributed by atoms with Crippen LogP contribution >= 0.6 is 11.6 Å². The number of nitrogens with zero attached hydrogens (tertiary/aromatic N) is 3. The molecule has 0 saturated carbocycles. The zero-order chi connectivity index (χ0) is 12.4. The molecular weight excluding hydrogens is 246 g/mol. The minimum Gasteiger partial charge on any atom is -0.306 e. The molecule has 2 aromatic heterocycles. The fraction of sp³-hybridized carbons (Fsp3) is 0. The maximum Gasteiger partial charge on any atom is 0.0999 e. The van der Waals surface area contributed by atoms with E-state index in [0.717, 1.165) is 22.0 Å². The van der Waals surface area contributed by atoms with Crippen LogP contribution in [0.1, 0.15) is 0 Å². The predicted molar refractivity (Wildman–Crippen MR) is 71.8 cm³/mol. The lowest BCUT2D eigenvalue weighted by Crippen LogP contribution is -1.88. The Morgan fingerprint density at radius 2 is 1.67 bits per heavy atom. The van der Waals surface area contributed by atoms with Gasteiger partial charge in [-0.2, -0.15) is 0 Å². The molecule has 4 heteroatoms. The Kier molecular flexibility index (Phi) is 2.82. The Balaban J connectivity index is 1.97. The van der Waals surface area contributed by atoms with Crippen LogP contribution in [0, 0.1) is 0 Å². The standard InChI is InChI=1S/C14H10ClN3/c15-12-1-3-13(4-2-12)18-9-14(17-10-18)11-5-7-16-8-6-11/h1-10H. The van der Waals surface area contributed by atoms with Crippen LogP contribution in [0.2, 0.25) is 5.02 Å². The van der Waals surface area contributed by atoms with Crippen molar-refractivity contribution in [1.82, 2.24) is 14.5 Å². The number of pyridine rings is 1. The van der Waals surface area contributed by atoms with E-state index < -0.39 is 0 Å². The third-order valence-corrected chi connectivity index (χ3v) is 2.94. The summed E-state index contributed by atoms with van der Waals surface area (Å²) in [4.78, 5) is 8.38. The molecule has 0 saturated heterocycles. The summed E-state index contributed by atoms with van der Waals surface area (Å²) in [6.07, 6.45) is 7.30. The smallest absolute Gasteiger partial charge is 0.0999 e. The normalized spacial score (nSPS) is 10.5. The highest BCUT2D eigenvalue weighted by Gasteiger charge is 2.02. The Bertz CT molecular complexity index is 644. The van der Waals surface area contributed by atoms with Gasteiger partial charge in [-0.3, -0.25) is 4.98 Å². The van der Waals surface area contributed by atoms with Gasteiger partial charge in [0.2, 0.25) is 0 Å². The summed E-state index contributed by atoms with van der Waals surface area (Å²) in [5.74, 6) is 0. The number of imidazole rings is 1. The van der Waals surface area contributed by atoms with Gasteiger partial charge in [0.05, 0.1) is 12.0 Å². The van der Waals surface area contributed by atoms with Gasteiger partial charge < -0.3 is 4.57 Å². The number of halogens is 1. The van der Waals surface area contributed by atoms with Crippen LogP contribution in [-0.4, -0.2) is 14.5 Å². The third-order valence-electron chi connectivity index (χ3n) is 2.68. The molecule has 0 radical (unpaired) electrons. The van der Waals surface area contributed by atoms with Gasteiger partial charge in [0.1, 0.15) is 0 Å². The van der Waals surface area contributed by atoms with E-state index in [9.17, 15) is 0 Å². The average Bonchev–Trinajstić information content (AvgIpc) is 2.90. The highest BCUT2D eigenvalue weighted by Crippen LogP contribution is 2.19. The monoisotopic (exact) mass is 255 g/mol. The number of hydrogen-bond acceptors (Lipinski definition) is 2. The molecule has 3 aromatic rings. The van der Waals surface area contributed by atoms with Gasteiger partial charge in [-0.1, -0.05) is 11.6 Å². The van der Waals surface area contributed by atoms with Gasteiger partial charge in [-0.25, -0.2) is 4.98 Å². The summed E-state index contributed by atoms with van der Waals surface area (Å²) in [6.45, 7) is 0. The second-order valence-electron chi connectivity index (χ2n) is 3.88. The van der Waals surface area contributed by atoms with Gasteiger partial charge in [-0.05, 0) is 36.4 Å². The maximum absolute atomic E-state index is 5.87. The summed E-state index contributed by atoms with van der Waals surface area (Å²) < 4.78 is 1.96. The molecule has 18 heavy (non-hydrogen) atoms. The van der Waals surface area contributed by atoms with Crippen molar-refractivity contribution in [3.63, 3.8) is 0 Å². The molecule has 0 unspecified atom stereocenters. The van der Waals surface area contributed by atoms with Crippen LogP contribution in [0.25, 0.3) is 16.9 Å². The van der Waals surface area contributed by atoms with Crippen molar-refractivity contribution in [1.29, 1.82) is 0 Å². The lowest BCUT2D eigenvalue weighted by Gasteiger charge is -2.01. The molecule has 2 heterocycles. The molecule has 3 rings (SSSR count). The molecule has 0 spiro atoms. The Labute approximate surface area is 110 Å². The maximum atomic E-state index is 5.87. The first-order valence-corrected chi connectivity index (χ1v) is 5.91. The lowest BCUT2D eigenvalue weighted by molar-refractivity contribution is 1.06. The van der Waals surface area contributed by atoms with Crippen LogP contribution in [0.5, 0.6) is 0 Å². The molecule has 3 nitrogen and oxygen atoms in total. The van der Waals surface area contributed by atoms with Gasteiger partial charge in [-0.15, -0.1) is 0 Å². The second-order valence-corrected chi connectivity index (χ2v) is 4.31. The van der Waals surface area contributed by atoms with E-state index in [1.807, 2.05) is 47.2 Å². The molecule has 0 N–H and O–H groups in total. The zero-order valence-corrected chi connectivity index (χ0v) is 10.2. The minimum atomic E-state index is 0.730. The number of rotatable bonds is 2. The predicted octanol–water partition coefficient (Wildman–Crippen LogP) is 3.59. The van der Waals surface area contributed by atoms with E-state index in [1.54, 1.807) is 18.7 Å². The summed E-state index contributed by atoms with van der Waals surface area (Å²) >= 11 is 5.87. The average molecular weight is 256 g/mol.